The number of hydrogen-bond donors (Lipinski definition) is 0. The van der Waals surface area contributed by atoms with Crippen molar-refractivity contribution in [1.82, 2.24) is 0 Å². The molecule has 0 saturated carbocycles. The first-order valence-corrected chi connectivity index (χ1v) is 12.5. The molecule has 37 heavy (non-hydrogen) atoms. The van der Waals surface area contributed by atoms with E-state index in [1.54, 1.807) is 20.8 Å². The fourth-order valence-corrected chi connectivity index (χ4v) is 5.43. The number of hydrogen-bond acceptors (Lipinski definition) is 5. The second-order valence-electron chi connectivity index (χ2n) is 7.35. The number of ether oxygens (including phenoxy) is 1. The van der Waals surface area contributed by atoms with Gasteiger partial charge in [0.05, 0.1) is 0 Å². The summed E-state index contributed by atoms with van der Waals surface area (Å²) in [5, 5.41) is 0. The number of rotatable bonds is 17. The molecule has 0 aromatic rings. The van der Waals surface area contributed by atoms with Crippen LogP contribution in [0, 0.1) is 0 Å². The summed E-state index contributed by atoms with van der Waals surface area (Å²) < 4.78 is 190. The van der Waals surface area contributed by atoms with Crippen LogP contribution in [0.3, 0.4) is 0 Å². The summed E-state index contributed by atoms with van der Waals surface area (Å²) in [6.45, 7) is 2.46. The van der Waals surface area contributed by atoms with Crippen LogP contribution in [0.5, 0.6) is 0 Å². The van der Waals surface area contributed by atoms with E-state index in [0.717, 1.165) is 0 Å². The van der Waals surface area contributed by atoms with Gasteiger partial charge >= 0.3 is 50.6 Å². The molecule has 0 aliphatic rings. The van der Waals surface area contributed by atoms with Crippen LogP contribution < -0.4 is 0 Å². The first-order chi connectivity index (χ1) is 16.5. The van der Waals surface area contributed by atoms with E-state index in [1.807, 2.05) is 0 Å². The van der Waals surface area contributed by atoms with Crippen molar-refractivity contribution in [3.63, 3.8) is 0 Å². The predicted molar refractivity (Wildman–Crippen MR) is 101 cm³/mol. The van der Waals surface area contributed by atoms with Gasteiger partial charge in [0.2, 0.25) is 0 Å². The van der Waals surface area contributed by atoms with Gasteiger partial charge in [-0.15, -0.1) is 0 Å². The van der Waals surface area contributed by atoms with Crippen LogP contribution in [-0.4, -0.2) is 77.0 Å². The van der Waals surface area contributed by atoms with Gasteiger partial charge in [0.15, 0.2) is 6.61 Å². The Balaban J connectivity index is 5.30. The van der Waals surface area contributed by atoms with E-state index in [9.17, 15) is 61.9 Å². The zero-order valence-corrected chi connectivity index (χ0v) is 20.6. The molecule has 0 aliphatic carbocycles. The number of carbonyl (C=O) groups excluding carboxylic acids is 1. The molecule has 0 rings (SSSR count). The molecule has 0 atom stereocenters. The second-order valence-corrected chi connectivity index (χ2v) is 10.1. The van der Waals surface area contributed by atoms with E-state index in [2.05, 4.69) is 4.74 Å². The van der Waals surface area contributed by atoms with Gasteiger partial charge in [0.25, 0.3) is 0 Å². The Kier molecular flexibility index (Phi) is 12.2. The summed E-state index contributed by atoms with van der Waals surface area (Å²) in [7, 11) is -3.18. The van der Waals surface area contributed by atoms with Crippen molar-refractivity contribution in [2.75, 3.05) is 26.4 Å². The van der Waals surface area contributed by atoms with Crippen molar-refractivity contribution in [3.8, 4) is 0 Å². The minimum Gasteiger partial charge on any atom is -0.459 e. The third-order valence-electron chi connectivity index (χ3n) is 4.62. The van der Waals surface area contributed by atoms with Crippen LogP contribution >= 0.6 is 0 Å². The molecule has 0 N–H and O–H groups in total. The summed E-state index contributed by atoms with van der Waals surface area (Å²) in [6.07, 6.45) is -8.39. The summed E-state index contributed by atoms with van der Waals surface area (Å²) in [6, 6.07) is 0.110. The zero-order chi connectivity index (χ0) is 29.6. The fraction of sp³-hybridized carbons (Fsp3) is 0.944. The lowest BCUT2D eigenvalue weighted by molar-refractivity contribution is -0.441. The van der Waals surface area contributed by atoms with E-state index in [0.29, 0.717) is 0 Å². The van der Waals surface area contributed by atoms with Crippen molar-refractivity contribution < 1.29 is 79.9 Å². The molecule has 0 saturated heterocycles. The molecule has 19 heteroatoms. The van der Waals surface area contributed by atoms with E-state index in [4.69, 9.17) is 13.3 Å². The Bertz CT molecular complexity index is 714. The molecule has 0 aromatic heterocycles. The molecular formula is C18H25F13O5Si. The Labute approximate surface area is 203 Å². The number of unbranched alkanes of at least 4 members (excludes halogenated alkanes) is 1. The van der Waals surface area contributed by atoms with Gasteiger partial charge in [-0.1, -0.05) is 0 Å². The van der Waals surface area contributed by atoms with Crippen LogP contribution in [0.15, 0.2) is 0 Å². The first-order valence-electron chi connectivity index (χ1n) is 10.6. The van der Waals surface area contributed by atoms with Gasteiger partial charge < -0.3 is 18.0 Å². The average molecular weight is 596 g/mol. The molecular weight excluding hydrogens is 571 g/mol. The van der Waals surface area contributed by atoms with E-state index >= 15 is 0 Å². The fourth-order valence-electron chi connectivity index (χ4n) is 2.75. The smallest absolute Gasteiger partial charge is 0.459 e. The normalized spacial score (nSPS) is 14.7. The van der Waals surface area contributed by atoms with Gasteiger partial charge in [0.1, 0.15) is 0 Å². The summed E-state index contributed by atoms with van der Waals surface area (Å²) in [5.41, 5.74) is 0. The first kappa shape index (κ1) is 35.7. The molecule has 0 aromatic carbocycles. The SMILES string of the molecule is CCO[Si](CCCCC(=O)OCC(F)(F)C(F)(F)C(F)(F)C(F)(F)C(F)(F)C(F)(F)F)(OCC)OCC. The molecule has 5 nitrogen and oxygen atoms in total. The highest BCUT2D eigenvalue weighted by Crippen LogP contribution is 2.60. The third-order valence-corrected chi connectivity index (χ3v) is 7.77. The van der Waals surface area contributed by atoms with Gasteiger partial charge in [-0.05, 0) is 33.6 Å². The maximum Gasteiger partial charge on any atom is 0.500 e. The van der Waals surface area contributed by atoms with Crippen LogP contribution in [0.1, 0.15) is 40.0 Å². The summed E-state index contributed by atoms with van der Waals surface area (Å²) in [5.74, 6) is -39.4. The average Bonchev–Trinajstić information content (AvgIpc) is 2.74. The Morgan fingerprint density at radius 2 is 1.03 bits per heavy atom. The Morgan fingerprint density at radius 3 is 1.41 bits per heavy atom. The van der Waals surface area contributed by atoms with Gasteiger partial charge in [-0.25, -0.2) is 0 Å². The summed E-state index contributed by atoms with van der Waals surface area (Å²) in [4.78, 5) is 11.6. The van der Waals surface area contributed by atoms with Crippen molar-refractivity contribution in [2.45, 2.75) is 81.9 Å². The molecule has 222 valence electrons. The Morgan fingerprint density at radius 1 is 0.622 bits per heavy atom. The topological polar surface area (TPSA) is 54.0 Å². The second kappa shape index (κ2) is 12.7. The van der Waals surface area contributed by atoms with E-state index in [1.165, 1.54) is 0 Å². The van der Waals surface area contributed by atoms with Gasteiger partial charge in [-0.3, -0.25) is 4.79 Å². The lowest BCUT2D eigenvalue weighted by Gasteiger charge is -2.39. The molecule has 0 bridgehead atoms. The Hall–Kier alpha value is -1.34. The number of halogens is 13. The van der Waals surface area contributed by atoms with Crippen molar-refractivity contribution in [2.24, 2.45) is 0 Å². The zero-order valence-electron chi connectivity index (χ0n) is 19.6. The van der Waals surface area contributed by atoms with Gasteiger partial charge in [-0.2, -0.15) is 57.1 Å². The predicted octanol–water partition coefficient (Wildman–Crippen LogP) is 6.49. The number of esters is 1. The molecule has 0 fully saturated rings. The van der Waals surface area contributed by atoms with E-state index < -0.39 is 63.6 Å². The van der Waals surface area contributed by atoms with Crippen LogP contribution in [0.25, 0.3) is 0 Å². The molecule has 0 heterocycles. The number of carbonyl (C=O) groups is 1. The van der Waals surface area contributed by atoms with Crippen LogP contribution in [0.4, 0.5) is 57.1 Å². The molecule has 0 radical (unpaired) electrons. The monoisotopic (exact) mass is 596 g/mol. The van der Waals surface area contributed by atoms with E-state index in [-0.39, 0.29) is 38.7 Å². The minimum absolute atomic E-state index is 0.0741. The maximum atomic E-state index is 13.7. The highest BCUT2D eigenvalue weighted by molar-refractivity contribution is 6.60. The molecule has 0 spiro atoms. The van der Waals surface area contributed by atoms with Crippen LogP contribution in [-0.2, 0) is 22.8 Å². The van der Waals surface area contributed by atoms with Crippen molar-refractivity contribution >= 4 is 14.8 Å². The lowest BCUT2D eigenvalue weighted by atomic mass is 9.94. The van der Waals surface area contributed by atoms with Gasteiger partial charge in [0, 0.05) is 32.3 Å². The largest absolute Gasteiger partial charge is 0.500 e. The molecule has 0 unspecified atom stereocenters. The molecule has 0 aliphatic heterocycles. The number of alkyl halides is 13. The standard InChI is InChI=1S/C18H25F13O5Si/c1-4-34-37(35-5-2,36-6-3)10-8-7-9-12(32)33-11-13(19,20)14(21,22)15(23,24)16(25,26)17(27,28)18(29,30)31/h4-11H2,1-3H3. The highest BCUT2D eigenvalue weighted by atomic mass is 28.4. The molecule has 0 amide bonds. The van der Waals surface area contributed by atoms with Crippen molar-refractivity contribution in [3.05, 3.63) is 0 Å². The van der Waals surface area contributed by atoms with Crippen molar-refractivity contribution in [1.29, 1.82) is 0 Å². The third kappa shape index (κ3) is 7.62. The highest BCUT2D eigenvalue weighted by Gasteiger charge is 2.90. The van der Waals surface area contributed by atoms with Crippen LogP contribution in [0.2, 0.25) is 6.04 Å². The lowest BCUT2D eigenvalue weighted by Crippen LogP contribution is -2.70. The maximum absolute atomic E-state index is 13.7. The summed E-state index contributed by atoms with van der Waals surface area (Å²) >= 11 is 0. The minimum atomic E-state index is -8.01. The quantitative estimate of drug-likeness (QED) is 0.0833.